The largest absolute Gasteiger partial charge is 0.484 e. The smallest absolute Gasteiger partial charge is 0.261 e. The Labute approximate surface area is 206 Å². The molecule has 0 fully saturated rings. The van der Waals surface area contributed by atoms with Crippen molar-refractivity contribution in [1.29, 1.82) is 0 Å². The van der Waals surface area contributed by atoms with Crippen molar-refractivity contribution < 1.29 is 18.7 Å². The van der Waals surface area contributed by atoms with E-state index >= 15 is 0 Å². The summed E-state index contributed by atoms with van der Waals surface area (Å²) in [4.78, 5) is 28.4. The van der Waals surface area contributed by atoms with Crippen molar-refractivity contribution in [3.63, 3.8) is 0 Å². The lowest BCUT2D eigenvalue weighted by molar-refractivity contribution is -0.143. The molecule has 0 unspecified atom stereocenters. The van der Waals surface area contributed by atoms with Crippen molar-refractivity contribution in [3.05, 3.63) is 101 Å². The van der Waals surface area contributed by atoms with Crippen LogP contribution in [0.5, 0.6) is 5.75 Å². The highest BCUT2D eigenvalue weighted by atomic mass is 19.1. The summed E-state index contributed by atoms with van der Waals surface area (Å²) in [5.74, 6) is -0.330. The van der Waals surface area contributed by atoms with Crippen LogP contribution in [0.4, 0.5) is 4.39 Å². The Kier molecular flexibility index (Phi) is 9.41. The molecule has 35 heavy (non-hydrogen) atoms. The van der Waals surface area contributed by atoms with Gasteiger partial charge in [0, 0.05) is 19.0 Å². The number of rotatable bonds is 11. The second kappa shape index (κ2) is 12.7. The standard InChI is InChI=1S/C29H33FN2O3/c1-4-22(3)31-29(34)27(18-23-8-6-5-7-9-23)32(19-24-12-14-25(30)15-13-24)28(33)20-35-26-16-10-21(2)11-17-26/h5-17,22,27H,4,18-20H2,1-3H3,(H,31,34)/t22-,27+/m1/s1. The van der Waals surface area contributed by atoms with Crippen molar-refractivity contribution in [2.45, 2.75) is 52.2 Å². The van der Waals surface area contributed by atoms with Crippen LogP contribution in [-0.4, -0.2) is 35.4 Å². The van der Waals surface area contributed by atoms with Gasteiger partial charge < -0.3 is 15.0 Å². The van der Waals surface area contributed by atoms with Crippen LogP contribution in [0.3, 0.4) is 0 Å². The third kappa shape index (κ3) is 7.95. The number of benzene rings is 3. The molecule has 1 N–H and O–H groups in total. The van der Waals surface area contributed by atoms with E-state index in [2.05, 4.69) is 5.32 Å². The second-order valence-corrected chi connectivity index (χ2v) is 8.77. The van der Waals surface area contributed by atoms with E-state index in [9.17, 15) is 14.0 Å². The lowest BCUT2D eigenvalue weighted by Gasteiger charge is -2.32. The van der Waals surface area contributed by atoms with Crippen molar-refractivity contribution in [1.82, 2.24) is 10.2 Å². The summed E-state index contributed by atoms with van der Waals surface area (Å²) in [6.07, 6.45) is 1.12. The SMILES string of the molecule is CC[C@@H](C)NC(=O)[C@H](Cc1ccccc1)N(Cc1ccc(F)cc1)C(=O)COc1ccc(C)cc1. The van der Waals surface area contributed by atoms with Gasteiger partial charge in [-0.1, -0.05) is 67.1 Å². The molecule has 0 saturated heterocycles. The fourth-order valence-corrected chi connectivity index (χ4v) is 3.64. The molecular formula is C29H33FN2O3. The monoisotopic (exact) mass is 476 g/mol. The third-order valence-corrected chi connectivity index (χ3v) is 5.92. The van der Waals surface area contributed by atoms with Crippen LogP contribution in [0, 0.1) is 12.7 Å². The molecule has 0 aliphatic carbocycles. The predicted octanol–water partition coefficient (Wildman–Crippen LogP) is 5.07. The van der Waals surface area contributed by atoms with Gasteiger partial charge in [-0.25, -0.2) is 4.39 Å². The third-order valence-electron chi connectivity index (χ3n) is 5.92. The Morgan fingerprint density at radius 1 is 0.943 bits per heavy atom. The minimum atomic E-state index is -0.759. The first-order valence-corrected chi connectivity index (χ1v) is 11.9. The zero-order chi connectivity index (χ0) is 25.2. The van der Waals surface area contributed by atoms with E-state index in [1.54, 1.807) is 12.1 Å². The quantitative estimate of drug-likeness (QED) is 0.421. The van der Waals surface area contributed by atoms with Crippen LogP contribution >= 0.6 is 0 Å². The molecule has 0 spiro atoms. The van der Waals surface area contributed by atoms with Crippen LogP contribution < -0.4 is 10.1 Å². The molecule has 0 heterocycles. The van der Waals surface area contributed by atoms with Gasteiger partial charge in [-0.3, -0.25) is 9.59 Å². The number of hydrogen-bond acceptors (Lipinski definition) is 3. The zero-order valence-electron chi connectivity index (χ0n) is 20.5. The molecule has 3 rings (SSSR count). The maximum atomic E-state index is 13.5. The summed E-state index contributed by atoms with van der Waals surface area (Å²) in [7, 11) is 0. The van der Waals surface area contributed by atoms with E-state index < -0.39 is 6.04 Å². The number of halogens is 1. The van der Waals surface area contributed by atoms with Gasteiger partial charge in [-0.2, -0.15) is 0 Å². The van der Waals surface area contributed by atoms with Gasteiger partial charge in [0.25, 0.3) is 5.91 Å². The van der Waals surface area contributed by atoms with Gasteiger partial charge >= 0.3 is 0 Å². The van der Waals surface area contributed by atoms with Gasteiger partial charge in [0.15, 0.2) is 6.61 Å². The topological polar surface area (TPSA) is 58.6 Å². The lowest BCUT2D eigenvalue weighted by atomic mass is 10.0. The number of carbonyl (C=O) groups is 2. The Morgan fingerprint density at radius 3 is 2.23 bits per heavy atom. The van der Waals surface area contributed by atoms with E-state index in [0.29, 0.717) is 12.2 Å². The molecule has 0 aliphatic heterocycles. The molecule has 5 nitrogen and oxygen atoms in total. The maximum absolute atomic E-state index is 13.5. The van der Waals surface area contributed by atoms with Crippen LogP contribution in [0.15, 0.2) is 78.9 Å². The van der Waals surface area contributed by atoms with E-state index in [1.165, 1.54) is 17.0 Å². The molecule has 2 amide bonds. The van der Waals surface area contributed by atoms with E-state index in [-0.39, 0.29) is 36.8 Å². The summed E-state index contributed by atoms with van der Waals surface area (Å²) >= 11 is 0. The fraction of sp³-hybridized carbons (Fsp3) is 0.310. The van der Waals surface area contributed by atoms with Gasteiger partial charge in [0.05, 0.1) is 0 Å². The predicted molar refractivity (Wildman–Crippen MR) is 135 cm³/mol. The van der Waals surface area contributed by atoms with Crippen LogP contribution in [0.1, 0.15) is 37.0 Å². The van der Waals surface area contributed by atoms with Crippen LogP contribution in [-0.2, 0) is 22.6 Å². The van der Waals surface area contributed by atoms with Crippen molar-refractivity contribution in [3.8, 4) is 5.75 Å². The summed E-state index contributed by atoms with van der Waals surface area (Å²) in [6, 6.07) is 22.2. The first-order chi connectivity index (χ1) is 16.9. The van der Waals surface area contributed by atoms with Crippen LogP contribution in [0.25, 0.3) is 0 Å². The number of nitrogens with zero attached hydrogens (tertiary/aromatic N) is 1. The molecule has 3 aromatic rings. The highest BCUT2D eigenvalue weighted by Gasteiger charge is 2.31. The second-order valence-electron chi connectivity index (χ2n) is 8.77. The first-order valence-electron chi connectivity index (χ1n) is 11.9. The highest BCUT2D eigenvalue weighted by Crippen LogP contribution is 2.17. The average Bonchev–Trinajstić information content (AvgIpc) is 2.87. The van der Waals surface area contributed by atoms with Gasteiger partial charge in [-0.05, 0) is 55.7 Å². The van der Waals surface area contributed by atoms with E-state index in [0.717, 1.165) is 23.1 Å². The number of amides is 2. The van der Waals surface area contributed by atoms with Crippen molar-refractivity contribution in [2.75, 3.05) is 6.61 Å². The van der Waals surface area contributed by atoms with Gasteiger partial charge in [-0.15, -0.1) is 0 Å². The summed E-state index contributed by atoms with van der Waals surface area (Å²) in [5.41, 5.74) is 2.75. The number of carbonyl (C=O) groups excluding carboxylic acids is 2. The molecule has 2 atom stereocenters. The Bertz CT molecular complexity index is 1090. The molecule has 0 aromatic heterocycles. The summed E-state index contributed by atoms with van der Waals surface area (Å²) in [6.45, 7) is 5.84. The molecule has 0 bridgehead atoms. The van der Waals surface area contributed by atoms with Gasteiger partial charge in [0.2, 0.25) is 5.91 Å². The van der Waals surface area contributed by atoms with Gasteiger partial charge in [0.1, 0.15) is 17.6 Å². The molecule has 0 aliphatic rings. The van der Waals surface area contributed by atoms with E-state index in [1.807, 2.05) is 75.4 Å². The number of ether oxygens (including phenoxy) is 1. The van der Waals surface area contributed by atoms with Crippen LogP contribution in [0.2, 0.25) is 0 Å². The number of nitrogens with one attached hydrogen (secondary N) is 1. The first kappa shape index (κ1) is 25.9. The molecule has 0 saturated carbocycles. The summed E-state index contributed by atoms with van der Waals surface area (Å²) < 4.78 is 19.3. The lowest BCUT2D eigenvalue weighted by Crippen LogP contribution is -2.53. The van der Waals surface area contributed by atoms with Crippen molar-refractivity contribution >= 4 is 11.8 Å². The number of aryl methyl sites for hydroxylation is 1. The molecule has 6 heteroatoms. The molecule has 0 radical (unpaired) electrons. The molecule has 184 valence electrons. The Morgan fingerprint density at radius 2 is 1.60 bits per heavy atom. The normalized spacial score (nSPS) is 12.5. The minimum Gasteiger partial charge on any atom is -0.484 e. The molecule has 3 aromatic carbocycles. The molecular weight excluding hydrogens is 443 g/mol. The average molecular weight is 477 g/mol. The van der Waals surface area contributed by atoms with Crippen molar-refractivity contribution in [2.24, 2.45) is 0 Å². The zero-order valence-corrected chi connectivity index (χ0v) is 20.5. The van der Waals surface area contributed by atoms with E-state index in [4.69, 9.17) is 4.74 Å². The number of hydrogen-bond donors (Lipinski definition) is 1. The minimum absolute atomic E-state index is 0.0349. The Balaban J connectivity index is 1.89. The Hall–Kier alpha value is -3.67. The summed E-state index contributed by atoms with van der Waals surface area (Å²) in [5, 5.41) is 3.03. The highest BCUT2D eigenvalue weighted by molar-refractivity contribution is 5.88. The fourth-order valence-electron chi connectivity index (χ4n) is 3.64. The maximum Gasteiger partial charge on any atom is 0.261 e.